The van der Waals surface area contributed by atoms with Gasteiger partial charge in [-0.15, -0.1) is 0 Å². The summed E-state index contributed by atoms with van der Waals surface area (Å²) in [5.41, 5.74) is 2.68. The van der Waals surface area contributed by atoms with Crippen molar-refractivity contribution in [2.45, 2.75) is 45.7 Å². The number of piperidine rings is 1. The smallest absolute Gasteiger partial charge is 0.307 e. The second-order valence-corrected chi connectivity index (χ2v) is 9.53. The van der Waals surface area contributed by atoms with E-state index in [9.17, 15) is 18.0 Å². The fourth-order valence-electron chi connectivity index (χ4n) is 3.40. The van der Waals surface area contributed by atoms with Gasteiger partial charge in [-0.25, -0.2) is 17.5 Å². The molecule has 1 saturated heterocycles. The number of benzene rings is 1. The van der Waals surface area contributed by atoms with Crippen LogP contribution in [-0.2, 0) is 14.8 Å². The van der Waals surface area contributed by atoms with Gasteiger partial charge in [-0.1, -0.05) is 17.7 Å². The van der Waals surface area contributed by atoms with Gasteiger partial charge in [0, 0.05) is 31.9 Å². The Morgan fingerprint density at radius 3 is 2.36 bits per heavy atom. The normalized spacial score (nSPS) is 17.4. The second kappa shape index (κ2) is 9.02. The Morgan fingerprint density at radius 2 is 1.82 bits per heavy atom. The molecule has 9 heteroatoms. The van der Waals surface area contributed by atoms with Gasteiger partial charge in [-0.2, -0.15) is 0 Å². The maximum Gasteiger partial charge on any atom is 0.325 e. The van der Waals surface area contributed by atoms with Gasteiger partial charge in [0.25, 0.3) is 0 Å². The zero-order valence-corrected chi connectivity index (χ0v) is 18.0. The standard InChI is InChI=1S/C19H30N4O4S/c1-13-6-7-17(14(2)12-13)20-19(25)21-18(24)15(3)23-10-8-16(9-11-23)22(4)28(5,26)27/h6-7,12,15-16H,8-11H2,1-5H3,(H2,20,21,24,25). The Bertz CT molecular complexity index is 832. The summed E-state index contributed by atoms with van der Waals surface area (Å²) in [5, 5.41) is 5.09. The van der Waals surface area contributed by atoms with Crippen molar-refractivity contribution in [3.63, 3.8) is 0 Å². The molecule has 2 rings (SSSR count). The number of carbonyl (C=O) groups excluding carboxylic acids is 2. The van der Waals surface area contributed by atoms with Crippen LogP contribution in [-0.4, -0.2) is 68.0 Å². The van der Waals surface area contributed by atoms with E-state index in [1.807, 2.05) is 30.9 Å². The third-order valence-electron chi connectivity index (χ3n) is 5.33. The molecule has 1 atom stereocenters. The molecule has 0 radical (unpaired) electrons. The number of hydrogen-bond donors (Lipinski definition) is 2. The summed E-state index contributed by atoms with van der Waals surface area (Å²) in [7, 11) is -1.64. The molecule has 1 aromatic rings. The summed E-state index contributed by atoms with van der Waals surface area (Å²) in [6.07, 6.45) is 2.50. The van der Waals surface area contributed by atoms with Crippen LogP contribution in [0.1, 0.15) is 30.9 Å². The van der Waals surface area contributed by atoms with Crippen molar-refractivity contribution in [3.8, 4) is 0 Å². The van der Waals surface area contributed by atoms with E-state index in [0.29, 0.717) is 31.6 Å². The average Bonchev–Trinajstić information content (AvgIpc) is 2.62. The third-order valence-corrected chi connectivity index (χ3v) is 6.67. The van der Waals surface area contributed by atoms with E-state index >= 15 is 0 Å². The van der Waals surface area contributed by atoms with Crippen LogP contribution in [0.5, 0.6) is 0 Å². The van der Waals surface area contributed by atoms with Gasteiger partial charge in [0.2, 0.25) is 15.9 Å². The zero-order valence-electron chi connectivity index (χ0n) is 17.2. The van der Waals surface area contributed by atoms with Crippen LogP contribution < -0.4 is 10.6 Å². The number of hydrogen-bond acceptors (Lipinski definition) is 5. The number of carbonyl (C=O) groups is 2. The molecule has 0 saturated carbocycles. The maximum atomic E-state index is 12.4. The molecule has 1 heterocycles. The van der Waals surface area contributed by atoms with Gasteiger partial charge in [0.15, 0.2) is 0 Å². The highest BCUT2D eigenvalue weighted by atomic mass is 32.2. The average molecular weight is 411 g/mol. The molecular weight excluding hydrogens is 380 g/mol. The summed E-state index contributed by atoms with van der Waals surface area (Å²) in [6.45, 7) is 6.81. The summed E-state index contributed by atoms with van der Waals surface area (Å²) in [5.74, 6) is -0.378. The van der Waals surface area contributed by atoms with Crippen molar-refractivity contribution in [2.24, 2.45) is 0 Å². The Hall–Kier alpha value is -1.97. The van der Waals surface area contributed by atoms with Crippen molar-refractivity contribution in [1.82, 2.24) is 14.5 Å². The first-order valence-electron chi connectivity index (χ1n) is 9.35. The molecule has 1 unspecified atom stereocenters. The molecule has 1 fully saturated rings. The number of imide groups is 1. The van der Waals surface area contributed by atoms with Crippen LogP contribution in [0.25, 0.3) is 0 Å². The van der Waals surface area contributed by atoms with Crippen molar-refractivity contribution in [1.29, 1.82) is 0 Å². The van der Waals surface area contributed by atoms with Crippen molar-refractivity contribution >= 4 is 27.6 Å². The molecule has 0 aromatic heterocycles. The molecule has 28 heavy (non-hydrogen) atoms. The van der Waals surface area contributed by atoms with E-state index in [4.69, 9.17) is 0 Å². The lowest BCUT2D eigenvalue weighted by molar-refractivity contribution is -0.125. The minimum Gasteiger partial charge on any atom is -0.307 e. The van der Waals surface area contributed by atoms with Gasteiger partial charge in [0.1, 0.15) is 0 Å². The highest BCUT2D eigenvalue weighted by molar-refractivity contribution is 7.88. The van der Waals surface area contributed by atoms with Gasteiger partial charge in [-0.05, 0) is 45.2 Å². The number of amides is 3. The Kier molecular flexibility index (Phi) is 7.19. The van der Waals surface area contributed by atoms with E-state index in [0.717, 1.165) is 11.1 Å². The highest BCUT2D eigenvalue weighted by Crippen LogP contribution is 2.19. The van der Waals surface area contributed by atoms with Gasteiger partial charge < -0.3 is 5.32 Å². The molecule has 3 amide bonds. The topological polar surface area (TPSA) is 98.8 Å². The second-order valence-electron chi connectivity index (χ2n) is 7.48. The minimum atomic E-state index is -3.23. The van der Waals surface area contributed by atoms with Gasteiger partial charge in [-0.3, -0.25) is 15.0 Å². The lowest BCUT2D eigenvalue weighted by Crippen LogP contribution is -2.53. The quantitative estimate of drug-likeness (QED) is 0.770. The third kappa shape index (κ3) is 5.76. The first kappa shape index (κ1) is 22.3. The van der Waals surface area contributed by atoms with E-state index in [2.05, 4.69) is 10.6 Å². The molecule has 1 aromatic carbocycles. The number of rotatable bonds is 5. The molecule has 0 aliphatic carbocycles. The number of likely N-dealkylation sites (tertiary alicyclic amines) is 1. The van der Waals surface area contributed by atoms with Crippen molar-refractivity contribution < 1.29 is 18.0 Å². The van der Waals surface area contributed by atoms with Crippen LogP contribution in [0, 0.1) is 13.8 Å². The summed E-state index contributed by atoms with van der Waals surface area (Å²) >= 11 is 0. The molecule has 0 spiro atoms. The fraction of sp³-hybridized carbons (Fsp3) is 0.579. The lowest BCUT2D eigenvalue weighted by Gasteiger charge is -2.37. The molecular formula is C19H30N4O4S. The Labute approximate surface area is 167 Å². The van der Waals surface area contributed by atoms with Crippen LogP contribution in [0.2, 0.25) is 0 Å². The molecule has 1 aliphatic rings. The summed E-state index contributed by atoms with van der Waals surface area (Å²) in [6, 6.07) is 4.56. The Balaban J connectivity index is 1.86. The number of aryl methyl sites for hydroxylation is 2. The summed E-state index contributed by atoms with van der Waals surface area (Å²) < 4.78 is 24.7. The first-order valence-corrected chi connectivity index (χ1v) is 11.2. The number of anilines is 1. The van der Waals surface area contributed by atoms with Crippen molar-refractivity contribution in [2.75, 3.05) is 31.7 Å². The molecule has 0 bridgehead atoms. The minimum absolute atomic E-state index is 0.0608. The monoisotopic (exact) mass is 410 g/mol. The van der Waals surface area contributed by atoms with Crippen LogP contribution in [0.4, 0.5) is 10.5 Å². The Morgan fingerprint density at radius 1 is 1.21 bits per heavy atom. The molecule has 156 valence electrons. The molecule has 8 nitrogen and oxygen atoms in total. The predicted molar refractivity (Wildman–Crippen MR) is 110 cm³/mol. The van der Waals surface area contributed by atoms with Gasteiger partial charge >= 0.3 is 6.03 Å². The number of nitrogens with zero attached hydrogens (tertiary/aromatic N) is 2. The molecule has 2 N–H and O–H groups in total. The number of urea groups is 1. The van der Waals surface area contributed by atoms with Crippen molar-refractivity contribution in [3.05, 3.63) is 29.3 Å². The van der Waals surface area contributed by atoms with E-state index in [1.54, 1.807) is 20.0 Å². The fourth-order valence-corrected chi connectivity index (χ4v) is 4.15. The van der Waals surface area contributed by atoms with Crippen LogP contribution in [0.3, 0.4) is 0 Å². The predicted octanol–water partition coefficient (Wildman–Crippen LogP) is 1.70. The molecule has 1 aliphatic heterocycles. The number of nitrogens with one attached hydrogen (secondary N) is 2. The van der Waals surface area contributed by atoms with E-state index in [1.165, 1.54) is 10.6 Å². The van der Waals surface area contributed by atoms with Crippen LogP contribution >= 0.6 is 0 Å². The SMILES string of the molecule is Cc1ccc(NC(=O)NC(=O)C(C)N2CCC(N(C)S(C)(=O)=O)CC2)c(C)c1. The summed E-state index contributed by atoms with van der Waals surface area (Å²) in [4.78, 5) is 26.6. The van der Waals surface area contributed by atoms with E-state index in [-0.39, 0.29) is 11.9 Å². The van der Waals surface area contributed by atoms with E-state index < -0.39 is 22.1 Å². The number of sulfonamides is 1. The largest absolute Gasteiger partial charge is 0.325 e. The lowest BCUT2D eigenvalue weighted by atomic mass is 10.0. The first-order chi connectivity index (χ1) is 13.0. The van der Waals surface area contributed by atoms with Gasteiger partial charge in [0.05, 0.1) is 12.3 Å². The highest BCUT2D eigenvalue weighted by Gasteiger charge is 2.31. The maximum absolute atomic E-state index is 12.4. The van der Waals surface area contributed by atoms with Crippen LogP contribution in [0.15, 0.2) is 18.2 Å². The zero-order chi connectivity index (χ0) is 21.1.